The molecule has 4 N–H and O–H groups in total. The Morgan fingerprint density at radius 3 is 2.37 bits per heavy atom. The van der Waals surface area contributed by atoms with Gasteiger partial charge in [0, 0.05) is 5.69 Å². The predicted molar refractivity (Wildman–Crippen MR) is 78.1 cm³/mol. The highest BCUT2D eigenvalue weighted by molar-refractivity contribution is 6.05. The molecule has 1 saturated carbocycles. The molecule has 100 valence electrons. The summed E-state index contributed by atoms with van der Waals surface area (Å²) >= 11 is 0. The number of benzene rings is 1. The quantitative estimate of drug-likeness (QED) is 0.803. The molecule has 1 aliphatic heterocycles. The second-order valence-electron chi connectivity index (χ2n) is 5.30. The molecule has 19 heavy (non-hydrogen) atoms. The zero-order valence-electron chi connectivity index (χ0n) is 11.1. The second-order valence-corrected chi connectivity index (χ2v) is 5.30. The van der Waals surface area contributed by atoms with Crippen LogP contribution in [0.3, 0.4) is 0 Å². The van der Waals surface area contributed by atoms with E-state index in [0.29, 0.717) is 11.9 Å². The third kappa shape index (κ3) is 1.95. The Bertz CT molecular complexity index is 537. The molecular weight excluding hydrogens is 238 g/mol. The van der Waals surface area contributed by atoms with Gasteiger partial charge in [-0.25, -0.2) is 4.99 Å². The van der Waals surface area contributed by atoms with Gasteiger partial charge in [-0.3, -0.25) is 4.90 Å². The molecule has 0 amide bonds. The lowest BCUT2D eigenvalue weighted by Crippen LogP contribution is -2.56. The number of anilines is 1. The fraction of sp³-hybridized carbons (Fsp3) is 0.429. The molecule has 0 unspecified atom stereocenters. The van der Waals surface area contributed by atoms with Crippen molar-refractivity contribution in [3.8, 4) is 0 Å². The number of guanidine groups is 2. The Labute approximate surface area is 113 Å². The molecule has 0 bridgehead atoms. The van der Waals surface area contributed by atoms with Crippen molar-refractivity contribution in [3.63, 3.8) is 0 Å². The van der Waals surface area contributed by atoms with E-state index in [1.807, 2.05) is 4.90 Å². The van der Waals surface area contributed by atoms with Crippen LogP contribution in [0, 0.1) is 6.92 Å². The highest BCUT2D eigenvalue weighted by atomic mass is 15.4. The first-order valence-corrected chi connectivity index (χ1v) is 6.67. The average molecular weight is 257 g/mol. The zero-order valence-corrected chi connectivity index (χ0v) is 11.1. The van der Waals surface area contributed by atoms with Crippen LogP contribution in [0.25, 0.3) is 0 Å². The summed E-state index contributed by atoms with van der Waals surface area (Å²) in [5.41, 5.74) is 13.8. The van der Waals surface area contributed by atoms with Crippen LogP contribution in [0.2, 0.25) is 0 Å². The Hall–Kier alpha value is -2.04. The number of aryl methyl sites for hydroxylation is 1. The number of nitrogens with two attached hydrogens (primary N) is 2. The number of aliphatic imine (C=N–C) groups is 2. The minimum atomic E-state index is -0.328. The Morgan fingerprint density at radius 1 is 1.11 bits per heavy atom. The van der Waals surface area contributed by atoms with E-state index in [1.165, 1.54) is 5.56 Å². The maximum atomic E-state index is 6.11. The minimum Gasteiger partial charge on any atom is -0.369 e. The standard InChI is InChI=1S/C14H19N5/c1-10-4-6-11(7-5-10)19-13(16)17-12(15)18-14(19)8-2-3-9-14/h4-7H,2-3,8-9H2,1H3,(H4,15,16,17,18). The van der Waals surface area contributed by atoms with Crippen molar-refractivity contribution in [2.75, 3.05) is 4.90 Å². The van der Waals surface area contributed by atoms with Gasteiger partial charge in [0.15, 0.2) is 0 Å². The number of hydrogen-bond acceptors (Lipinski definition) is 5. The molecule has 1 spiro atoms. The molecule has 1 aromatic carbocycles. The normalized spacial score (nSPS) is 21.4. The van der Waals surface area contributed by atoms with Gasteiger partial charge in [-0.05, 0) is 44.7 Å². The number of rotatable bonds is 1. The SMILES string of the molecule is Cc1ccc(N2C(N)=NC(N)=NC23CCCC3)cc1. The molecule has 3 rings (SSSR count). The monoisotopic (exact) mass is 257 g/mol. The zero-order chi connectivity index (χ0) is 13.5. The molecule has 0 saturated heterocycles. The van der Waals surface area contributed by atoms with Gasteiger partial charge in [0.1, 0.15) is 5.66 Å². The third-order valence-corrected chi connectivity index (χ3v) is 3.89. The first kappa shape index (κ1) is 12.0. The third-order valence-electron chi connectivity index (χ3n) is 3.89. The van der Waals surface area contributed by atoms with Crippen LogP contribution in [0.4, 0.5) is 5.69 Å². The van der Waals surface area contributed by atoms with Crippen molar-refractivity contribution in [3.05, 3.63) is 29.8 Å². The summed E-state index contributed by atoms with van der Waals surface area (Å²) < 4.78 is 0. The highest BCUT2D eigenvalue weighted by Crippen LogP contribution is 2.40. The molecule has 0 radical (unpaired) electrons. The number of hydrogen-bond donors (Lipinski definition) is 2. The smallest absolute Gasteiger partial charge is 0.220 e. The molecule has 1 heterocycles. The molecule has 0 aromatic heterocycles. The van der Waals surface area contributed by atoms with E-state index in [0.717, 1.165) is 31.4 Å². The summed E-state index contributed by atoms with van der Waals surface area (Å²) in [5, 5.41) is 0. The molecular formula is C14H19N5. The van der Waals surface area contributed by atoms with Crippen molar-refractivity contribution in [1.82, 2.24) is 0 Å². The van der Waals surface area contributed by atoms with Gasteiger partial charge in [0.05, 0.1) is 0 Å². The van der Waals surface area contributed by atoms with Crippen LogP contribution < -0.4 is 16.4 Å². The molecule has 5 heteroatoms. The first-order chi connectivity index (χ1) is 9.11. The van der Waals surface area contributed by atoms with Crippen LogP contribution in [0.15, 0.2) is 34.3 Å². The summed E-state index contributed by atoms with van der Waals surface area (Å²) in [7, 11) is 0. The van der Waals surface area contributed by atoms with Crippen molar-refractivity contribution in [1.29, 1.82) is 0 Å². The average Bonchev–Trinajstić information content (AvgIpc) is 2.79. The fourth-order valence-corrected chi connectivity index (χ4v) is 3.01. The maximum Gasteiger partial charge on any atom is 0.220 e. The van der Waals surface area contributed by atoms with Gasteiger partial charge in [-0.15, -0.1) is 0 Å². The van der Waals surface area contributed by atoms with Gasteiger partial charge in [-0.1, -0.05) is 17.7 Å². The van der Waals surface area contributed by atoms with Crippen molar-refractivity contribution >= 4 is 17.6 Å². The largest absolute Gasteiger partial charge is 0.369 e. The molecule has 1 aliphatic carbocycles. The Morgan fingerprint density at radius 2 is 1.74 bits per heavy atom. The minimum absolute atomic E-state index is 0.294. The van der Waals surface area contributed by atoms with Crippen molar-refractivity contribution in [2.24, 2.45) is 21.5 Å². The van der Waals surface area contributed by atoms with E-state index in [-0.39, 0.29) is 5.66 Å². The maximum absolute atomic E-state index is 6.11. The van der Waals surface area contributed by atoms with E-state index in [4.69, 9.17) is 11.5 Å². The molecule has 0 atom stereocenters. The van der Waals surface area contributed by atoms with Crippen LogP contribution in [0.1, 0.15) is 31.2 Å². The topological polar surface area (TPSA) is 80.0 Å². The van der Waals surface area contributed by atoms with E-state index in [9.17, 15) is 0 Å². The Balaban J connectivity index is 2.06. The first-order valence-electron chi connectivity index (χ1n) is 6.67. The fourth-order valence-electron chi connectivity index (χ4n) is 3.01. The van der Waals surface area contributed by atoms with E-state index in [1.54, 1.807) is 0 Å². The summed E-state index contributed by atoms with van der Waals surface area (Å²) in [6.07, 6.45) is 4.23. The lowest BCUT2D eigenvalue weighted by Gasteiger charge is -2.41. The van der Waals surface area contributed by atoms with Crippen LogP contribution in [0.5, 0.6) is 0 Å². The second kappa shape index (κ2) is 4.26. The van der Waals surface area contributed by atoms with Crippen LogP contribution >= 0.6 is 0 Å². The predicted octanol–water partition coefficient (Wildman–Crippen LogP) is 1.71. The van der Waals surface area contributed by atoms with Crippen molar-refractivity contribution < 1.29 is 0 Å². The lowest BCUT2D eigenvalue weighted by atomic mass is 10.1. The van der Waals surface area contributed by atoms with E-state index in [2.05, 4.69) is 41.2 Å². The summed E-state index contributed by atoms with van der Waals surface area (Å²) in [4.78, 5) is 10.8. The van der Waals surface area contributed by atoms with Gasteiger partial charge >= 0.3 is 0 Å². The molecule has 1 fully saturated rings. The van der Waals surface area contributed by atoms with E-state index < -0.39 is 0 Å². The van der Waals surface area contributed by atoms with Crippen molar-refractivity contribution in [2.45, 2.75) is 38.3 Å². The highest BCUT2D eigenvalue weighted by Gasteiger charge is 2.43. The van der Waals surface area contributed by atoms with Crippen LogP contribution in [-0.2, 0) is 0 Å². The molecule has 1 aromatic rings. The van der Waals surface area contributed by atoms with Gasteiger partial charge in [0.25, 0.3) is 0 Å². The summed E-state index contributed by atoms with van der Waals surface area (Å²) in [6.45, 7) is 2.07. The summed E-state index contributed by atoms with van der Waals surface area (Å²) in [5.74, 6) is 0.737. The summed E-state index contributed by atoms with van der Waals surface area (Å²) in [6, 6.07) is 8.28. The lowest BCUT2D eigenvalue weighted by molar-refractivity contribution is 0.452. The van der Waals surface area contributed by atoms with Gasteiger partial charge < -0.3 is 11.5 Å². The molecule has 2 aliphatic rings. The molecule has 5 nitrogen and oxygen atoms in total. The number of nitrogens with zero attached hydrogens (tertiary/aromatic N) is 3. The van der Waals surface area contributed by atoms with Crippen LogP contribution in [-0.4, -0.2) is 17.6 Å². The van der Waals surface area contributed by atoms with Gasteiger partial charge in [0.2, 0.25) is 11.9 Å². The van der Waals surface area contributed by atoms with Gasteiger partial charge in [-0.2, -0.15) is 4.99 Å². The Kier molecular flexibility index (Phi) is 2.69. The van der Waals surface area contributed by atoms with E-state index >= 15 is 0 Å².